The van der Waals surface area contributed by atoms with Crippen LogP contribution in [0, 0.1) is 0 Å². The minimum atomic E-state index is -3.86. The number of hydrogen-bond acceptors (Lipinski definition) is 6. The molecule has 4 aromatic rings. The van der Waals surface area contributed by atoms with Crippen molar-refractivity contribution in [1.29, 1.82) is 0 Å². The minimum Gasteiger partial charge on any atom is -0.423 e. The van der Waals surface area contributed by atoms with E-state index < -0.39 is 10.0 Å². The van der Waals surface area contributed by atoms with Gasteiger partial charge in [-0.25, -0.2) is 8.42 Å². The number of oxazole rings is 1. The Morgan fingerprint density at radius 2 is 1.77 bits per heavy atom. The Hall–Kier alpha value is -3.36. The number of fused-ring (bicyclic) bond motifs is 1. The van der Waals surface area contributed by atoms with Crippen LogP contribution in [-0.4, -0.2) is 19.2 Å². The zero-order valence-electron chi connectivity index (χ0n) is 15.7. The van der Waals surface area contributed by atoms with Gasteiger partial charge in [-0.2, -0.15) is 4.98 Å². The van der Waals surface area contributed by atoms with E-state index in [4.69, 9.17) is 16.0 Å². The number of aromatic nitrogens is 1. The first-order valence-corrected chi connectivity index (χ1v) is 10.7. The van der Waals surface area contributed by atoms with Crippen LogP contribution in [0.1, 0.15) is 17.3 Å². The number of Topliss-reactive ketones (excluding diaryl/α,β-unsaturated/α-hetero) is 1. The van der Waals surface area contributed by atoms with Crippen LogP contribution in [0.25, 0.3) is 11.1 Å². The van der Waals surface area contributed by atoms with Crippen LogP contribution in [0.4, 0.5) is 17.4 Å². The summed E-state index contributed by atoms with van der Waals surface area (Å²) < 4.78 is 33.5. The van der Waals surface area contributed by atoms with Crippen molar-refractivity contribution in [2.24, 2.45) is 0 Å². The van der Waals surface area contributed by atoms with E-state index >= 15 is 0 Å². The molecule has 0 radical (unpaired) electrons. The summed E-state index contributed by atoms with van der Waals surface area (Å²) >= 11 is 6.04. The lowest BCUT2D eigenvalue weighted by molar-refractivity contribution is 0.101. The van der Waals surface area contributed by atoms with Crippen molar-refractivity contribution in [3.8, 4) is 0 Å². The molecule has 30 heavy (non-hydrogen) atoms. The Morgan fingerprint density at radius 3 is 2.47 bits per heavy atom. The van der Waals surface area contributed by atoms with Crippen molar-refractivity contribution < 1.29 is 17.6 Å². The first kappa shape index (κ1) is 19.9. The molecule has 0 saturated heterocycles. The summed E-state index contributed by atoms with van der Waals surface area (Å²) in [5.74, 6) is -0.0254. The van der Waals surface area contributed by atoms with Crippen LogP contribution < -0.4 is 10.0 Å². The first-order valence-electron chi connectivity index (χ1n) is 8.88. The van der Waals surface area contributed by atoms with E-state index in [1.165, 1.54) is 19.1 Å². The number of halogens is 1. The van der Waals surface area contributed by atoms with Gasteiger partial charge in [0, 0.05) is 17.3 Å². The molecule has 0 amide bonds. The van der Waals surface area contributed by atoms with Gasteiger partial charge in [-0.1, -0.05) is 23.7 Å². The van der Waals surface area contributed by atoms with Gasteiger partial charge in [-0.15, -0.1) is 0 Å². The van der Waals surface area contributed by atoms with E-state index in [1.807, 2.05) is 0 Å². The molecule has 0 saturated carbocycles. The lowest BCUT2D eigenvalue weighted by Crippen LogP contribution is -2.13. The van der Waals surface area contributed by atoms with Crippen molar-refractivity contribution in [3.05, 3.63) is 77.3 Å². The number of rotatable bonds is 6. The van der Waals surface area contributed by atoms with E-state index in [2.05, 4.69) is 15.0 Å². The fourth-order valence-corrected chi connectivity index (χ4v) is 4.12. The molecule has 0 aliphatic heterocycles. The van der Waals surface area contributed by atoms with Crippen LogP contribution in [0.5, 0.6) is 0 Å². The molecule has 7 nitrogen and oxygen atoms in total. The summed E-state index contributed by atoms with van der Waals surface area (Å²) in [6.07, 6.45) is 0. The van der Waals surface area contributed by atoms with Gasteiger partial charge in [0.05, 0.1) is 15.6 Å². The number of sulfonamides is 1. The van der Waals surface area contributed by atoms with Gasteiger partial charge in [0.25, 0.3) is 16.0 Å². The third-order valence-corrected chi connectivity index (χ3v) is 6.02. The Kier molecular flexibility index (Phi) is 5.19. The number of nitrogens with zero attached hydrogens (tertiary/aromatic N) is 1. The Bertz CT molecular complexity index is 1350. The summed E-state index contributed by atoms with van der Waals surface area (Å²) in [5, 5.41) is 3.29. The molecule has 0 fully saturated rings. The molecular formula is C21H16ClN3O4S. The predicted molar refractivity (Wildman–Crippen MR) is 116 cm³/mol. The second-order valence-electron chi connectivity index (χ2n) is 6.49. The fourth-order valence-electron chi connectivity index (χ4n) is 2.78. The molecule has 0 aliphatic carbocycles. The number of para-hydroxylation sites is 1. The number of ketones is 1. The average Bonchev–Trinajstić information content (AvgIpc) is 3.11. The lowest BCUT2D eigenvalue weighted by atomic mass is 10.1. The molecule has 3 aromatic carbocycles. The normalized spacial score (nSPS) is 11.4. The minimum absolute atomic E-state index is 0.0171. The second kappa shape index (κ2) is 7.81. The van der Waals surface area contributed by atoms with Crippen LogP contribution in [0.3, 0.4) is 0 Å². The summed E-state index contributed by atoms with van der Waals surface area (Å²) in [5.41, 5.74) is 2.36. The van der Waals surface area contributed by atoms with Gasteiger partial charge in [-0.3, -0.25) is 9.52 Å². The number of nitrogens with one attached hydrogen (secondary N) is 2. The van der Waals surface area contributed by atoms with E-state index in [-0.39, 0.29) is 22.4 Å². The molecular weight excluding hydrogens is 426 g/mol. The zero-order chi connectivity index (χ0) is 21.3. The summed E-state index contributed by atoms with van der Waals surface area (Å²) in [4.78, 5) is 15.7. The van der Waals surface area contributed by atoms with Gasteiger partial charge in [-0.05, 0) is 55.5 Å². The third kappa shape index (κ3) is 4.14. The number of carbonyl (C=O) groups excluding carboxylic acids is 1. The lowest BCUT2D eigenvalue weighted by Gasteiger charge is -2.09. The van der Waals surface area contributed by atoms with Gasteiger partial charge < -0.3 is 9.73 Å². The SMILES string of the molecule is CC(=O)c1ccc(Nc2nc3ccc(S(=O)(=O)Nc4ccccc4Cl)cc3o2)cc1. The average molecular weight is 442 g/mol. The molecule has 0 atom stereocenters. The quantitative estimate of drug-likeness (QED) is 0.397. The first-order chi connectivity index (χ1) is 14.3. The molecule has 4 rings (SSSR count). The van der Waals surface area contributed by atoms with Crippen molar-refractivity contribution in [2.75, 3.05) is 10.0 Å². The molecule has 2 N–H and O–H groups in total. The highest BCUT2D eigenvalue weighted by atomic mass is 35.5. The molecule has 0 unspecified atom stereocenters. The van der Waals surface area contributed by atoms with Crippen LogP contribution >= 0.6 is 11.6 Å². The summed E-state index contributed by atoms with van der Waals surface area (Å²) in [6, 6.07) is 18.0. The van der Waals surface area contributed by atoms with Crippen molar-refractivity contribution >= 4 is 55.9 Å². The number of carbonyl (C=O) groups is 1. The summed E-state index contributed by atoms with van der Waals surface area (Å²) in [6.45, 7) is 1.50. The monoisotopic (exact) mass is 441 g/mol. The van der Waals surface area contributed by atoms with Gasteiger partial charge in [0.15, 0.2) is 11.4 Å². The zero-order valence-corrected chi connectivity index (χ0v) is 17.3. The van der Waals surface area contributed by atoms with Gasteiger partial charge in [0.2, 0.25) is 0 Å². The maximum Gasteiger partial charge on any atom is 0.300 e. The molecule has 1 heterocycles. The number of anilines is 3. The highest BCUT2D eigenvalue weighted by molar-refractivity contribution is 7.92. The molecule has 152 valence electrons. The van der Waals surface area contributed by atoms with Crippen molar-refractivity contribution in [3.63, 3.8) is 0 Å². The molecule has 0 spiro atoms. The highest BCUT2D eigenvalue weighted by Crippen LogP contribution is 2.27. The number of benzene rings is 3. The molecule has 9 heteroatoms. The highest BCUT2D eigenvalue weighted by Gasteiger charge is 2.18. The van der Waals surface area contributed by atoms with Crippen molar-refractivity contribution in [2.45, 2.75) is 11.8 Å². The molecule has 0 bridgehead atoms. The van der Waals surface area contributed by atoms with E-state index in [1.54, 1.807) is 54.6 Å². The topological polar surface area (TPSA) is 101 Å². The van der Waals surface area contributed by atoms with Gasteiger partial charge >= 0.3 is 0 Å². The Morgan fingerprint density at radius 1 is 1.03 bits per heavy atom. The summed E-state index contributed by atoms with van der Waals surface area (Å²) in [7, 11) is -3.86. The van der Waals surface area contributed by atoms with E-state index in [0.717, 1.165) is 0 Å². The van der Waals surface area contributed by atoms with Gasteiger partial charge in [0.1, 0.15) is 5.52 Å². The maximum atomic E-state index is 12.7. The smallest absolute Gasteiger partial charge is 0.300 e. The van der Waals surface area contributed by atoms with Crippen LogP contribution in [-0.2, 0) is 10.0 Å². The predicted octanol–water partition coefficient (Wildman–Crippen LogP) is 5.23. The standard InChI is InChI=1S/C21H16ClN3O4S/c1-13(26)14-6-8-15(9-7-14)23-21-24-19-11-10-16(12-20(19)29-21)30(27,28)25-18-5-3-2-4-17(18)22/h2-12,25H,1H3,(H,23,24). The Balaban J connectivity index is 1.59. The largest absolute Gasteiger partial charge is 0.423 e. The maximum absolute atomic E-state index is 12.7. The molecule has 0 aliphatic rings. The van der Waals surface area contributed by atoms with Crippen molar-refractivity contribution in [1.82, 2.24) is 4.98 Å². The number of hydrogen-bond donors (Lipinski definition) is 2. The van der Waals surface area contributed by atoms with E-state index in [9.17, 15) is 13.2 Å². The molecule has 1 aromatic heterocycles. The van der Waals surface area contributed by atoms with E-state index in [0.29, 0.717) is 27.4 Å². The van der Waals surface area contributed by atoms with Crippen LogP contribution in [0.15, 0.2) is 76.0 Å². The second-order valence-corrected chi connectivity index (χ2v) is 8.58. The van der Waals surface area contributed by atoms with Crippen LogP contribution in [0.2, 0.25) is 5.02 Å². The third-order valence-electron chi connectivity index (χ3n) is 4.33. The fraction of sp³-hybridized carbons (Fsp3) is 0.0476. The Labute approximate surface area is 177 Å².